The third-order valence-electron chi connectivity index (χ3n) is 4.96. The Hall–Kier alpha value is -2.14. The highest BCUT2D eigenvalue weighted by Crippen LogP contribution is 2.19. The van der Waals surface area contributed by atoms with Gasteiger partial charge in [-0.25, -0.2) is 0 Å². The number of benzene rings is 1. The zero-order valence-corrected chi connectivity index (χ0v) is 16.1. The fraction of sp³-hybridized carbons (Fsp3) is 0.524. The normalized spacial score (nSPS) is 13.4. The molecule has 1 aromatic heterocycles. The molecule has 0 fully saturated rings. The van der Waals surface area contributed by atoms with Crippen molar-refractivity contribution in [1.82, 2.24) is 10.1 Å². The number of aryl methyl sites for hydroxylation is 1. The number of aromatic nitrogens is 1. The first-order chi connectivity index (χ1) is 12.5. The van der Waals surface area contributed by atoms with Crippen LogP contribution in [0.3, 0.4) is 0 Å². The summed E-state index contributed by atoms with van der Waals surface area (Å²) >= 11 is 0. The first-order valence-electron chi connectivity index (χ1n) is 9.54. The molecule has 0 saturated heterocycles. The average molecular weight is 357 g/mol. The largest absolute Gasteiger partial charge is 0.361 e. The zero-order chi connectivity index (χ0) is 18.9. The summed E-state index contributed by atoms with van der Waals surface area (Å²) in [4.78, 5) is 14.0. The van der Waals surface area contributed by atoms with Crippen molar-refractivity contribution in [1.29, 1.82) is 0 Å². The predicted octanol–water partition coefficient (Wildman–Crippen LogP) is 3.89. The van der Waals surface area contributed by atoms with Crippen LogP contribution < -0.4 is 5.73 Å². The molecular formula is C21H31N3O2. The molecule has 0 spiro atoms. The van der Waals surface area contributed by atoms with E-state index in [0.29, 0.717) is 0 Å². The Morgan fingerprint density at radius 1 is 1.23 bits per heavy atom. The van der Waals surface area contributed by atoms with Crippen LogP contribution in [0.25, 0.3) is 11.3 Å². The molecule has 0 aliphatic heterocycles. The van der Waals surface area contributed by atoms with Crippen molar-refractivity contribution in [3.63, 3.8) is 0 Å². The highest BCUT2D eigenvalue weighted by molar-refractivity contribution is 5.81. The standard InChI is InChI=1S/C21H31N3O2/c1-4-16(2)20(22)21(25)24(3)14-10-6-9-13-18-15-19(23-26-18)17-11-7-5-8-12-17/h5,7-8,11-12,15-16,20H,4,6,9-10,13-14,22H2,1-3H3. The van der Waals surface area contributed by atoms with Gasteiger partial charge in [0.05, 0.1) is 6.04 Å². The Labute approximate surface area is 156 Å². The molecule has 2 rings (SSSR count). The van der Waals surface area contributed by atoms with Crippen LogP contribution in [0, 0.1) is 5.92 Å². The molecular weight excluding hydrogens is 326 g/mol. The number of nitrogens with zero attached hydrogens (tertiary/aromatic N) is 2. The quantitative estimate of drug-likeness (QED) is 0.655. The SMILES string of the molecule is CCC(C)C(N)C(=O)N(C)CCCCCc1cc(-c2ccccc2)no1. The number of hydrogen-bond acceptors (Lipinski definition) is 4. The maximum absolute atomic E-state index is 12.2. The van der Waals surface area contributed by atoms with E-state index in [2.05, 4.69) is 12.1 Å². The second-order valence-corrected chi connectivity index (χ2v) is 7.03. The van der Waals surface area contributed by atoms with E-state index >= 15 is 0 Å². The van der Waals surface area contributed by atoms with Gasteiger partial charge in [-0.2, -0.15) is 0 Å². The summed E-state index contributed by atoms with van der Waals surface area (Å²) in [6, 6.07) is 11.6. The number of amides is 1. The molecule has 0 bridgehead atoms. The van der Waals surface area contributed by atoms with Crippen LogP contribution in [0.2, 0.25) is 0 Å². The molecule has 2 N–H and O–H groups in total. The summed E-state index contributed by atoms with van der Waals surface area (Å²) in [6.45, 7) is 4.83. The summed E-state index contributed by atoms with van der Waals surface area (Å²) in [5.74, 6) is 1.17. The molecule has 142 valence electrons. The fourth-order valence-electron chi connectivity index (χ4n) is 2.86. The van der Waals surface area contributed by atoms with Crippen LogP contribution in [-0.4, -0.2) is 35.6 Å². The van der Waals surface area contributed by atoms with Gasteiger partial charge in [0.25, 0.3) is 0 Å². The number of nitrogens with two attached hydrogens (primary N) is 1. The maximum atomic E-state index is 12.2. The first kappa shape index (κ1) is 20.2. The van der Waals surface area contributed by atoms with Gasteiger partial charge in [-0.05, 0) is 18.8 Å². The van der Waals surface area contributed by atoms with Gasteiger partial charge in [0.15, 0.2) is 0 Å². The Kier molecular flexibility index (Phi) is 7.85. The minimum Gasteiger partial charge on any atom is -0.361 e. The molecule has 5 heteroatoms. The lowest BCUT2D eigenvalue weighted by atomic mass is 9.99. The van der Waals surface area contributed by atoms with Crippen LogP contribution in [-0.2, 0) is 11.2 Å². The van der Waals surface area contributed by atoms with E-state index in [-0.39, 0.29) is 11.8 Å². The Bertz CT molecular complexity index is 669. The molecule has 2 aromatic rings. The summed E-state index contributed by atoms with van der Waals surface area (Å²) in [6.07, 6.45) is 4.81. The molecule has 0 aliphatic carbocycles. The Morgan fingerprint density at radius 3 is 2.65 bits per heavy atom. The number of carbonyl (C=O) groups excluding carboxylic acids is 1. The van der Waals surface area contributed by atoms with Crippen molar-refractivity contribution in [2.24, 2.45) is 11.7 Å². The Balaban J connectivity index is 1.68. The number of unbranched alkanes of at least 4 members (excludes halogenated alkanes) is 2. The van der Waals surface area contributed by atoms with Crippen LogP contribution in [0.4, 0.5) is 0 Å². The van der Waals surface area contributed by atoms with Gasteiger partial charge in [-0.1, -0.05) is 62.2 Å². The molecule has 2 unspecified atom stereocenters. The number of rotatable bonds is 10. The van der Waals surface area contributed by atoms with Crippen molar-refractivity contribution in [2.45, 2.75) is 52.0 Å². The van der Waals surface area contributed by atoms with Gasteiger partial charge in [0, 0.05) is 31.6 Å². The molecule has 0 saturated carbocycles. The third kappa shape index (κ3) is 5.70. The topological polar surface area (TPSA) is 72.4 Å². The van der Waals surface area contributed by atoms with E-state index in [1.807, 2.05) is 50.4 Å². The monoisotopic (exact) mass is 357 g/mol. The van der Waals surface area contributed by atoms with Crippen LogP contribution in [0.15, 0.2) is 40.9 Å². The van der Waals surface area contributed by atoms with Gasteiger partial charge in [0.2, 0.25) is 5.91 Å². The molecule has 2 atom stereocenters. The molecule has 5 nitrogen and oxygen atoms in total. The van der Waals surface area contributed by atoms with Crippen LogP contribution >= 0.6 is 0 Å². The van der Waals surface area contributed by atoms with Crippen molar-refractivity contribution < 1.29 is 9.32 Å². The van der Waals surface area contributed by atoms with E-state index in [9.17, 15) is 4.79 Å². The fourth-order valence-corrected chi connectivity index (χ4v) is 2.86. The number of carbonyl (C=O) groups is 1. The smallest absolute Gasteiger partial charge is 0.239 e. The first-order valence-corrected chi connectivity index (χ1v) is 9.54. The van der Waals surface area contributed by atoms with Gasteiger partial charge in [0.1, 0.15) is 11.5 Å². The predicted molar refractivity (Wildman–Crippen MR) is 105 cm³/mol. The van der Waals surface area contributed by atoms with Crippen LogP contribution in [0.5, 0.6) is 0 Å². The summed E-state index contributed by atoms with van der Waals surface area (Å²) in [5, 5.41) is 4.14. The Morgan fingerprint density at radius 2 is 1.96 bits per heavy atom. The molecule has 0 aliphatic rings. The second-order valence-electron chi connectivity index (χ2n) is 7.03. The van der Waals surface area contributed by atoms with Crippen molar-refractivity contribution >= 4 is 5.91 Å². The lowest BCUT2D eigenvalue weighted by molar-refractivity contribution is -0.132. The summed E-state index contributed by atoms with van der Waals surface area (Å²) < 4.78 is 5.42. The second kappa shape index (κ2) is 10.1. The van der Waals surface area contributed by atoms with Crippen molar-refractivity contribution in [3.05, 3.63) is 42.2 Å². The zero-order valence-electron chi connectivity index (χ0n) is 16.1. The number of likely N-dealkylation sites (N-methyl/N-ethyl adjacent to an activating group) is 1. The minimum absolute atomic E-state index is 0.0436. The van der Waals surface area contributed by atoms with E-state index in [4.69, 9.17) is 10.3 Å². The average Bonchev–Trinajstić information content (AvgIpc) is 3.15. The molecule has 26 heavy (non-hydrogen) atoms. The van der Waals surface area contributed by atoms with Gasteiger partial charge in [-0.3, -0.25) is 4.79 Å². The summed E-state index contributed by atoms with van der Waals surface area (Å²) in [5.41, 5.74) is 7.97. The van der Waals surface area contributed by atoms with Crippen LogP contribution in [0.1, 0.15) is 45.3 Å². The van der Waals surface area contributed by atoms with Gasteiger partial charge >= 0.3 is 0 Å². The van der Waals surface area contributed by atoms with Gasteiger partial charge < -0.3 is 15.2 Å². The highest BCUT2D eigenvalue weighted by atomic mass is 16.5. The van der Waals surface area contributed by atoms with Gasteiger partial charge in [-0.15, -0.1) is 0 Å². The molecule has 1 amide bonds. The van der Waals surface area contributed by atoms with E-state index in [0.717, 1.165) is 55.7 Å². The molecule has 1 aromatic carbocycles. The molecule has 0 radical (unpaired) electrons. The van der Waals surface area contributed by atoms with Crippen molar-refractivity contribution in [3.8, 4) is 11.3 Å². The third-order valence-corrected chi connectivity index (χ3v) is 4.96. The lowest BCUT2D eigenvalue weighted by Gasteiger charge is -2.24. The minimum atomic E-state index is -0.393. The van der Waals surface area contributed by atoms with E-state index < -0.39 is 6.04 Å². The van der Waals surface area contributed by atoms with E-state index in [1.165, 1.54) is 0 Å². The molecule has 1 heterocycles. The number of hydrogen-bond donors (Lipinski definition) is 1. The lowest BCUT2D eigenvalue weighted by Crippen LogP contribution is -2.45. The maximum Gasteiger partial charge on any atom is 0.239 e. The highest BCUT2D eigenvalue weighted by Gasteiger charge is 2.22. The van der Waals surface area contributed by atoms with E-state index in [1.54, 1.807) is 4.90 Å². The van der Waals surface area contributed by atoms with Crippen molar-refractivity contribution in [2.75, 3.05) is 13.6 Å². The summed E-state index contributed by atoms with van der Waals surface area (Å²) in [7, 11) is 1.84.